The molecule has 1 aliphatic carbocycles. The van der Waals surface area contributed by atoms with E-state index in [1.54, 1.807) is 0 Å². The van der Waals surface area contributed by atoms with Crippen molar-refractivity contribution in [3.05, 3.63) is 0 Å². The minimum absolute atomic E-state index is 0.668. The van der Waals surface area contributed by atoms with Crippen LogP contribution in [0.3, 0.4) is 0 Å². The zero-order chi connectivity index (χ0) is 9.84. The SMILES string of the molecule is CC(C)N(C)C1CCCC(CN)C1. The molecule has 0 spiro atoms. The van der Waals surface area contributed by atoms with Crippen molar-refractivity contribution in [2.75, 3.05) is 13.6 Å². The van der Waals surface area contributed by atoms with E-state index < -0.39 is 0 Å². The Morgan fingerprint density at radius 1 is 1.38 bits per heavy atom. The van der Waals surface area contributed by atoms with Gasteiger partial charge in [0.25, 0.3) is 0 Å². The van der Waals surface area contributed by atoms with E-state index >= 15 is 0 Å². The largest absolute Gasteiger partial charge is 0.330 e. The van der Waals surface area contributed by atoms with Gasteiger partial charge in [0.1, 0.15) is 0 Å². The Balaban J connectivity index is 2.41. The van der Waals surface area contributed by atoms with Crippen molar-refractivity contribution in [1.82, 2.24) is 4.90 Å². The average molecular weight is 184 g/mol. The van der Waals surface area contributed by atoms with Crippen LogP contribution in [-0.2, 0) is 0 Å². The molecule has 1 saturated carbocycles. The lowest BCUT2D eigenvalue weighted by Crippen LogP contribution is -2.41. The predicted molar refractivity (Wildman–Crippen MR) is 57.7 cm³/mol. The first kappa shape index (κ1) is 11.0. The maximum absolute atomic E-state index is 5.72. The van der Waals surface area contributed by atoms with Gasteiger partial charge >= 0.3 is 0 Å². The lowest BCUT2D eigenvalue weighted by Gasteiger charge is -2.37. The molecule has 2 nitrogen and oxygen atoms in total. The van der Waals surface area contributed by atoms with Crippen LogP contribution in [0.1, 0.15) is 39.5 Å². The summed E-state index contributed by atoms with van der Waals surface area (Å²) in [6.07, 6.45) is 5.39. The summed E-state index contributed by atoms with van der Waals surface area (Å²) in [6, 6.07) is 1.45. The topological polar surface area (TPSA) is 29.3 Å². The minimum atomic E-state index is 0.668. The Hall–Kier alpha value is -0.0800. The number of nitrogens with two attached hydrogens (primary N) is 1. The van der Waals surface area contributed by atoms with Crippen LogP contribution >= 0.6 is 0 Å². The summed E-state index contributed by atoms with van der Waals surface area (Å²) >= 11 is 0. The van der Waals surface area contributed by atoms with Gasteiger partial charge in [-0.25, -0.2) is 0 Å². The highest BCUT2D eigenvalue weighted by Crippen LogP contribution is 2.27. The van der Waals surface area contributed by atoms with Crippen molar-refractivity contribution < 1.29 is 0 Å². The van der Waals surface area contributed by atoms with Gasteiger partial charge in [0.15, 0.2) is 0 Å². The lowest BCUT2D eigenvalue weighted by atomic mass is 9.85. The molecular formula is C11H24N2. The zero-order valence-corrected chi connectivity index (χ0v) is 9.29. The molecular weight excluding hydrogens is 160 g/mol. The highest BCUT2D eigenvalue weighted by Gasteiger charge is 2.24. The highest BCUT2D eigenvalue weighted by atomic mass is 15.1. The highest BCUT2D eigenvalue weighted by molar-refractivity contribution is 4.80. The minimum Gasteiger partial charge on any atom is -0.330 e. The summed E-state index contributed by atoms with van der Waals surface area (Å²) in [5, 5.41) is 0. The van der Waals surface area contributed by atoms with Gasteiger partial charge in [-0.2, -0.15) is 0 Å². The molecule has 1 aliphatic rings. The number of hydrogen-bond acceptors (Lipinski definition) is 2. The molecule has 78 valence electrons. The Labute approximate surface area is 82.5 Å². The van der Waals surface area contributed by atoms with Crippen molar-refractivity contribution in [2.45, 2.75) is 51.6 Å². The number of nitrogens with zero attached hydrogens (tertiary/aromatic N) is 1. The molecule has 0 aromatic rings. The fourth-order valence-corrected chi connectivity index (χ4v) is 2.27. The smallest absolute Gasteiger partial charge is 0.00980 e. The molecule has 0 amide bonds. The first-order valence-corrected chi connectivity index (χ1v) is 5.57. The van der Waals surface area contributed by atoms with Gasteiger partial charge < -0.3 is 10.6 Å². The van der Waals surface area contributed by atoms with Gasteiger partial charge in [-0.05, 0) is 52.6 Å². The predicted octanol–water partition coefficient (Wildman–Crippen LogP) is 1.84. The van der Waals surface area contributed by atoms with Crippen LogP contribution in [0.2, 0.25) is 0 Å². The van der Waals surface area contributed by atoms with E-state index in [0.717, 1.165) is 18.5 Å². The first-order chi connectivity index (χ1) is 6.15. The quantitative estimate of drug-likeness (QED) is 0.725. The summed E-state index contributed by atoms with van der Waals surface area (Å²) in [6.45, 7) is 5.42. The first-order valence-electron chi connectivity index (χ1n) is 5.57. The Kier molecular flexibility index (Phi) is 4.20. The zero-order valence-electron chi connectivity index (χ0n) is 9.29. The summed E-state index contributed by atoms with van der Waals surface area (Å²) < 4.78 is 0. The molecule has 2 atom stereocenters. The van der Waals surface area contributed by atoms with Crippen LogP contribution < -0.4 is 5.73 Å². The van der Waals surface area contributed by atoms with E-state index in [9.17, 15) is 0 Å². The molecule has 0 aliphatic heterocycles. The maximum atomic E-state index is 5.72. The summed E-state index contributed by atoms with van der Waals surface area (Å²) in [5.74, 6) is 0.778. The van der Waals surface area contributed by atoms with Gasteiger partial charge in [-0.15, -0.1) is 0 Å². The van der Waals surface area contributed by atoms with Crippen molar-refractivity contribution in [3.8, 4) is 0 Å². The third-order valence-corrected chi connectivity index (χ3v) is 3.48. The summed E-state index contributed by atoms with van der Waals surface area (Å²) in [5.41, 5.74) is 5.72. The fourth-order valence-electron chi connectivity index (χ4n) is 2.27. The Morgan fingerprint density at radius 2 is 2.08 bits per heavy atom. The van der Waals surface area contributed by atoms with E-state index in [1.165, 1.54) is 25.7 Å². The Morgan fingerprint density at radius 3 is 2.62 bits per heavy atom. The van der Waals surface area contributed by atoms with Crippen LogP contribution in [0.25, 0.3) is 0 Å². The molecule has 13 heavy (non-hydrogen) atoms. The second-order valence-electron chi connectivity index (χ2n) is 4.68. The molecule has 1 rings (SSSR count). The van der Waals surface area contributed by atoms with Crippen LogP contribution in [0.15, 0.2) is 0 Å². The van der Waals surface area contributed by atoms with E-state index in [2.05, 4.69) is 25.8 Å². The molecule has 2 unspecified atom stereocenters. The second-order valence-corrected chi connectivity index (χ2v) is 4.68. The van der Waals surface area contributed by atoms with Crippen LogP contribution in [0.4, 0.5) is 0 Å². The normalized spacial score (nSPS) is 30.0. The van der Waals surface area contributed by atoms with Gasteiger partial charge in [0.2, 0.25) is 0 Å². The molecule has 2 N–H and O–H groups in total. The third kappa shape index (κ3) is 2.96. The molecule has 0 aromatic carbocycles. The van der Waals surface area contributed by atoms with Crippen molar-refractivity contribution >= 4 is 0 Å². The summed E-state index contributed by atoms with van der Waals surface area (Å²) in [7, 11) is 2.24. The number of rotatable bonds is 3. The van der Waals surface area contributed by atoms with Crippen molar-refractivity contribution in [1.29, 1.82) is 0 Å². The second kappa shape index (κ2) is 4.97. The Bertz CT molecular complexity index is 145. The summed E-state index contributed by atoms with van der Waals surface area (Å²) in [4.78, 5) is 2.50. The van der Waals surface area contributed by atoms with Crippen molar-refractivity contribution in [3.63, 3.8) is 0 Å². The van der Waals surface area contributed by atoms with Crippen LogP contribution in [-0.4, -0.2) is 30.6 Å². The molecule has 0 radical (unpaired) electrons. The van der Waals surface area contributed by atoms with E-state index in [-0.39, 0.29) is 0 Å². The third-order valence-electron chi connectivity index (χ3n) is 3.48. The average Bonchev–Trinajstić information content (AvgIpc) is 2.16. The van der Waals surface area contributed by atoms with Gasteiger partial charge in [0.05, 0.1) is 0 Å². The number of hydrogen-bond donors (Lipinski definition) is 1. The van der Waals surface area contributed by atoms with E-state index in [4.69, 9.17) is 5.73 Å². The van der Waals surface area contributed by atoms with Gasteiger partial charge in [0, 0.05) is 12.1 Å². The molecule has 0 heterocycles. The molecule has 0 saturated heterocycles. The molecule has 2 heteroatoms. The lowest BCUT2D eigenvalue weighted by molar-refractivity contribution is 0.131. The van der Waals surface area contributed by atoms with Crippen molar-refractivity contribution in [2.24, 2.45) is 11.7 Å². The van der Waals surface area contributed by atoms with Crippen LogP contribution in [0.5, 0.6) is 0 Å². The van der Waals surface area contributed by atoms with Crippen LogP contribution in [0, 0.1) is 5.92 Å². The molecule has 0 bridgehead atoms. The van der Waals surface area contributed by atoms with E-state index in [0.29, 0.717) is 6.04 Å². The van der Waals surface area contributed by atoms with Gasteiger partial charge in [-0.1, -0.05) is 6.42 Å². The maximum Gasteiger partial charge on any atom is 0.00980 e. The fraction of sp³-hybridized carbons (Fsp3) is 1.00. The molecule has 1 fully saturated rings. The van der Waals surface area contributed by atoms with E-state index in [1.807, 2.05) is 0 Å². The van der Waals surface area contributed by atoms with Gasteiger partial charge in [-0.3, -0.25) is 0 Å². The standard InChI is InChI=1S/C11H24N2/c1-9(2)13(3)11-6-4-5-10(7-11)8-12/h9-11H,4-8,12H2,1-3H3. The molecule has 0 aromatic heterocycles. The monoisotopic (exact) mass is 184 g/mol.